The van der Waals surface area contributed by atoms with Crippen LogP contribution in [-0.4, -0.2) is 19.0 Å². The third-order valence-corrected chi connectivity index (χ3v) is 2.50. The molecule has 0 bridgehead atoms. The largest absolute Gasteiger partial charge is 0.357 e. The van der Waals surface area contributed by atoms with E-state index in [4.69, 9.17) is 6.42 Å². The van der Waals surface area contributed by atoms with Crippen LogP contribution in [0.15, 0.2) is 27.7 Å². The van der Waals surface area contributed by atoms with Gasteiger partial charge in [-0.1, -0.05) is 21.9 Å². The Morgan fingerprint density at radius 3 is 2.83 bits per heavy atom. The Bertz CT molecular complexity index is 446. The summed E-state index contributed by atoms with van der Waals surface area (Å²) in [4.78, 5) is 4.31. The molecule has 0 fully saturated rings. The minimum atomic E-state index is -0.281. The molecule has 3 nitrogen and oxygen atoms in total. The highest BCUT2D eigenvalue weighted by Crippen LogP contribution is 2.15. The number of guanidine groups is 1. The average molecular weight is 312 g/mol. The van der Waals surface area contributed by atoms with Gasteiger partial charge in [0.1, 0.15) is 5.82 Å². The Labute approximate surface area is 115 Å². The monoisotopic (exact) mass is 311 g/mol. The number of benzene rings is 1. The van der Waals surface area contributed by atoms with Gasteiger partial charge in [-0.2, -0.15) is 0 Å². The quantitative estimate of drug-likeness (QED) is 0.508. The first-order chi connectivity index (χ1) is 8.65. The summed E-state index contributed by atoms with van der Waals surface area (Å²) < 4.78 is 13.9. The van der Waals surface area contributed by atoms with Crippen LogP contribution >= 0.6 is 15.9 Å². The summed E-state index contributed by atoms with van der Waals surface area (Å²) in [6.45, 7) is 3.49. The SMILES string of the molecule is C#CCNC(=NCc1cc(F)cc(Br)c1)NCC. The van der Waals surface area contributed by atoms with Crippen LogP contribution in [0, 0.1) is 18.2 Å². The second-order valence-electron chi connectivity index (χ2n) is 3.53. The van der Waals surface area contributed by atoms with Crippen molar-refractivity contribution in [2.24, 2.45) is 4.99 Å². The molecule has 0 radical (unpaired) electrons. The number of nitrogens with zero attached hydrogens (tertiary/aromatic N) is 1. The Kier molecular flexibility index (Phi) is 6.23. The number of hydrogen-bond donors (Lipinski definition) is 2. The zero-order valence-electron chi connectivity index (χ0n) is 10.1. The number of hydrogen-bond acceptors (Lipinski definition) is 1. The second-order valence-corrected chi connectivity index (χ2v) is 4.45. The first-order valence-corrected chi connectivity index (χ1v) is 6.35. The van der Waals surface area contributed by atoms with Gasteiger partial charge < -0.3 is 10.6 Å². The molecule has 0 saturated heterocycles. The van der Waals surface area contributed by atoms with Crippen molar-refractivity contribution in [3.8, 4) is 12.3 Å². The number of aliphatic imine (C=N–C) groups is 1. The van der Waals surface area contributed by atoms with Crippen molar-refractivity contribution in [2.75, 3.05) is 13.1 Å². The van der Waals surface area contributed by atoms with Gasteiger partial charge in [0.2, 0.25) is 0 Å². The maximum atomic E-state index is 13.2. The van der Waals surface area contributed by atoms with Crippen molar-refractivity contribution >= 4 is 21.9 Å². The van der Waals surface area contributed by atoms with Gasteiger partial charge in [0.15, 0.2) is 5.96 Å². The summed E-state index contributed by atoms with van der Waals surface area (Å²) in [6.07, 6.45) is 5.17. The molecule has 0 unspecified atom stereocenters. The van der Waals surface area contributed by atoms with Crippen LogP contribution in [0.3, 0.4) is 0 Å². The number of terminal acetylenes is 1. The smallest absolute Gasteiger partial charge is 0.192 e. The summed E-state index contributed by atoms with van der Waals surface area (Å²) in [6, 6.07) is 4.70. The van der Waals surface area contributed by atoms with Gasteiger partial charge in [-0.3, -0.25) is 0 Å². The van der Waals surface area contributed by atoms with Crippen molar-refractivity contribution in [1.29, 1.82) is 0 Å². The van der Waals surface area contributed by atoms with E-state index < -0.39 is 0 Å². The molecule has 5 heteroatoms. The summed E-state index contributed by atoms with van der Waals surface area (Å²) in [5.41, 5.74) is 0.791. The van der Waals surface area contributed by atoms with Gasteiger partial charge >= 0.3 is 0 Å². The lowest BCUT2D eigenvalue weighted by Gasteiger charge is -2.08. The highest BCUT2D eigenvalue weighted by atomic mass is 79.9. The zero-order valence-corrected chi connectivity index (χ0v) is 11.7. The van der Waals surface area contributed by atoms with Gasteiger partial charge in [0.05, 0.1) is 13.1 Å². The second kappa shape index (κ2) is 7.72. The summed E-state index contributed by atoms with van der Waals surface area (Å²) in [7, 11) is 0. The van der Waals surface area contributed by atoms with Gasteiger partial charge in [-0.05, 0) is 30.7 Å². The van der Waals surface area contributed by atoms with E-state index in [0.29, 0.717) is 23.5 Å². The molecule has 0 spiro atoms. The maximum absolute atomic E-state index is 13.2. The fourth-order valence-corrected chi connectivity index (χ4v) is 1.86. The van der Waals surface area contributed by atoms with Crippen molar-refractivity contribution in [2.45, 2.75) is 13.5 Å². The highest BCUT2D eigenvalue weighted by molar-refractivity contribution is 9.10. The molecule has 0 amide bonds. The van der Waals surface area contributed by atoms with E-state index in [2.05, 4.69) is 37.5 Å². The highest BCUT2D eigenvalue weighted by Gasteiger charge is 2.00. The van der Waals surface area contributed by atoms with Crippen molar-refractivity contribution in [1.82, 2.24) is 10.6 Å². The van der Waals surface area contributed by atoms with E-state index >= 15 is 0 Å². The standard InChI is InChI=1S/C13H15BrFN3/c1-3-5-17-13(16-4-2)18-9-10-6-11(14)8-12(15)7-10/h1,6-8H,4-5,9H2,2H3,(H2,16,17,18). The lowest BCUT2D eigenvalue weighted by Crippen LogP contribution is -2.37. The third-order valence-electron chi connectivity index (χ3n) is 2.04. The van der Waals surface area contributed by atoms with E-state index in [-0.39, 0.29) is 5.82 Å². The van der Waals surface area contributed by atoms with Gasteiger partial charge in [-0.25, -0.2) is 9.38 Å². The molecular formula is C13H15BrFN3. The van der Waals surface area contributed by atoms with Crippen LogP contribution in [0.25, 0.3) is 0 Å². The van der Waals surface area contributed by atoms with Crippen LogP contribution in [0.4, 0.5) is 4.39 Å². The molecule has 0 atom stereocenters. The molecule has 96 valence electrons. The molecule has 2 N–H and O–H groups in total. The van der Waals surface area contributed by atoms with E-state index in [9.17, 15) is 4.39 Å². The first-order valence-electron chi connectivity index (χ1n) is 5.56. The average Bonchev–Trinajstić information content (AvgIpc) is 2.31. The third kappa shape index (κ3) is 5.19. The Hall–Kier alpha value is -1.54. The molecular weight excluding hydrogens is 297 g/mol. The predicted molar refractivity (Wildman–Crippen MR) is 75.8 cm³/mol. The fourth-order valence-electron chi connectivity index (χ4n) is 1.35. The molecule has 0 heterocycles. The number of nitrogens with one attached hydrogen (secondary N) is 2. The maximum Gasteiger partial charge on any atom is 0.192 e. The fraction of sp³-hybridized carbons (Fsp3) is 0.308. The van der Waals surface area contributed by atoms with Crippen molar-refractivity contribution < 1.29 is 4.39 Å². The van der Waals surface area contributed by atoms with Gasteiger partial charge in [-0.15, -0.1) is 6.42 Å². The normalized spacial score (nSPS) is 10.9. The molecule has 1 aromatic rings. The van der Waals surface area contributed by atoms with Crippen LogP contribution in [0.5, 0.6) is 0 Å². The van der Waals surface area contributed by atoms with E-state index in [0.717, 1.165) is 12.1 Å². The van der Waals surface area contributed by atoms with E-state index in [1.807, 2.05) is 13.0 Å². The summed E-state index contributed by atoms with van der Waals surface area (Å²) >= 11 is 3.25. The minimum absolute atomic E-state index is 0.281. The minimum Gasteiger partial charge on any atom is -0.357 e. The predicted octanol–water partition coefficient (Wildman–Crippen LogP) is 2.28. The molecule has 0 saturated carbocycles. The van der Waals surface area contributed by atoms with Crippen molar-refractivity contribution in [3.05, 3.63) is 34.1 Å². The van der Waals surface area contributed by atoms with E-state index in [1.165, 1.54) is 12.1 Å². The van der Waals surface area contributed by atoms with E-state index in [1.54, 1.807) is 0 Å². The van der Waals surface area contributed by atoms with Crippen LogP contribution in [-0.2, 0) is 6.54 Å². The Morgan fingerprint density at radius 2 is 2.22 bits per heavy atom. The zero-order chi connectivity index (χ0) is 13.4. The molecule has 0 aliphatic rings. The van der Waals surface area contributed by atoms with Gasteiger partial charge in [0, 0.05) is 11.0 Å². The van der Waals surface area contributed by atoms with Gasteiger partial charge in [0.25, 0.3) is 0 Å². The molecule has 1 rings (SSSR count). The topological polar surface area (TPSA) is 36.4 Å². The number of halogens is 2. The Balaban J connectivity index is 2.71. The Morgan fingerprint density at radius 1 is 1.44 bits per heavy atom. The summed E-state index contributed by atoms with van der Waals surface area (Å²) in [5, 5.41) is 6.02. The molecule has 0 aliphatic carbocycles. The first kappa shape index (κ1) is 14.5. The lowest BCUT2D eigenvalue weighted by molar-refractivity contribution is 0.624. The van der Waals surface area contributed by atoms with Crippen LogP contribution < -0.4 is 10.6 Å². The summed E-state index contributed by atoms with van der Waals surface area (Å²) in [5.74, 6) is 2.81. The van der Waals surface area contributed by atoms with Crippen molar-refractivity contribution in [3.63, 3.8) is 0 Å². The van der Waals surface area contributed by atoms with Crippen LogP contribution in [0.1, 0.15) is 12.5 Å². The molecule has 0 aliphatic heterocycles. The molecule has 1 aromatic carbocycles. The van der Waals surface area contributed by atoms with Crippen LogP contribution in [0.2, 0.25) is 0 Å². The lowest BCUT2D eigenvalue weighted by atomic mass is 10.2. The number of rotatable bonds is 4. The molecule has 18 heavy (non-hydrogen) atoms. The molecule has 0 aromatic heterocycles.